The summed E-state index contributed by atoms with van der Waals surface area (Å²) < 4.78 is 11.4. The zero-order chi connectivity index (χ0) is 16.8. The quantitative estimate of drug-likeness (QED) is 0.697. The highest BCUT2D eigenvalue weighted by Crippen LogP contribution is 2.16. The van der Waals surface area contributed by atoms with Gasteiger partial charge < -0.3 is 14.6 Å². The Bertz CT molecular complexity index is 806. The fourth-order valence-corrected chi connectivity index (χ4v) is 2.11. The summed E-state index contributed by atoms with van der Waals surface area (Å²) in [5.41, 5.74) is 0.796. The first-order chi connectivity index (χ1) is 11.7. The molecule has 24 heavy (non-hydrogen) atoms. The Labute approximate surface area is 146 Å². The Hall–Kier alpha value is -2.74. The van der Waals surface area contributed by atoms with Crippen LogP contribution in [0.15, 0.2) is 57.8 Å². The van der Waals surface area contributed by atoms with E-state index in [1.54, 1.807) is 36.7 Å². The van der Waals surface area contributed by atoms with Crippen molar-refractivity contribution in [2.45, 2.75) is 6.54 Å². The highest BCUT2D eigenvalue weighted by atomic mass is 79.9. The first kappa shape index (κ1) is 16.1. The molecule has 3 rings (SSSR count). The summed E-state index contributed by atoms with van der Waals surface area (Å²) in [4.78, 5) is 19.9. The summed E-state index contributed by atoms with van der Waals surface area (Å²) in [6, 6.07) is 10.8. The number of rotatable bonds is 6. The van der Waals surface area contributed by atoms with Gasteiger partial charge in [-0.25, -0.2) is 0 Å². The van der Waals surface area contributed by atoms with Gasteiger partial charge in [-0.1, -0.05) is 21.1 Å². The van der Waals surface area contributed by atoms with Crippen molar-refractivity contribution in [3.05, 3.63) is 59.2 Å². The number of carbonyl (C=O) groups excluding carboxylic acids is 1. The second kappa shape index (κ2) is 7.69. The van der Waals surface area contributed by atoms with Crippen molar-refractivity contribution < 1.29 is 14.1 Å². The summed E-state index contributed by atoms with van der Waals surface area (Å²) in [5.74, 6) is 1.11. The lowest BCUT2D eigenvalue weighted by molar-refractivity contribution is -0.123. The maximum atomic E-state index is 11.8. The predicted octanol–water partition coefficient (Wildman–Crippen LogP) is 2.59. The largest absolute Gasteiger partial charge is 0.484 e. The molecule has 3 aromatic rings. The summed E-state index contributed by atoms with van der Waals surface area (Å²) in [7, 11) is 0. The van der Waals surface area contributed by atoms with Gasteiger partial charge in [0.2, 0.25) is 11.7 Å². The summed E-state index contributed by atoms with van der Waals surface area (Å²) >= 11 is 3.33. The van der Waals surface area contributed by atoms with E-state index in [9.17, 15) is 4.79 Å². The zero-order valence-electron chi connectivity index (χ0n) is 12.5. The lowest BCUT2D eigenvalue weighted by Gasteiger charge is -2.06. The van der Waals surface area contributed by atoms with Gasteiger partial charge >= 0.3 is 0 Å². The molecule has 8 heteroatoms. The summed E-state index contributed by atoms with van der Waals surface area (Å²) in [5, 5.41) is 6.53. The highest BCUT2D eigenvalue weighted by Gasteiger charge is 2.10. The van der Waals surface area contributed by atoms with Gasteiger partial charge in [0.1, 0.15) is 5.75 Å². The standard InChI is InChI=1S/C16H13BrN4O3/c17-12-1-3-13(4-2-12)23-10-14(22)19-9-15-20-16(21-24-15)11-5-7-18-8-6-11/h1-8H,9-10H2,(H,19,22). The van der Waals surface area contributed by atoms with Gasteiger partial charge in [0.25, 0.3) is 5.91 Å². The molecule has 0 saturated carbocycles. The second-order valence-corrected chi connectivity index (χ2v) is 5.68. The van der Waals surface area contributed by atoms with Crippen LogP contribution in [0.1, 0.15) is 5.89 Å². The third kappa shape index (κ3) is 4.39. The van der Waals surface area contributed by atoms with Crippen LogP contribution in [0.4, 0.5) is 0 Å². The normalized spacial score (nSPS) is 10.4. The van der Waals surface area contributed by atoms with Gasteiger partial charge in [-0.15, -0.1) is 0 Å². The van der Waals surface area contributed by atoms with E-state index in [2.05, 4.69) is 36.4 Å². The minimum Gasteiger partial charge on any atom is -0.484 e. The van der Waals surface area contributed by atoms with E-state index in [0.717, 1.165) is 10.0 Å². The number of benzene rings is 1. The number of nitrogens with zero attached hydrogens (tertiary/aromatic N) is 3. The van der Waals surface area contributed by atoms with Gasteiger partial charge in [0.15, 0.2) is 6.61 Å². The van der Waals surface area contributed by atoms with E-state index in [0.29, 0.717) is 17.5 Å². The molecule has 1 N–H and O–H groups in total. The smallest absolute Gasteiger partial charge is 0.258 e. The van der Waals surface area contributed by atoms with Crippen LogP contribution in [0.5, 0.6) is 5.75 Å². The van der Waals surface area contributed by atoms with Crippen LogP contribution in [-0.4, -0.2) is 27.6 Å². The number of nitrogens with one attached hydrogen (secondary N) is 1. The lowest BCUT2D eigenvalue weighted by atomic mass is 10.2. The molecule has 0 spiro atoms. The van der Waals surface area contributed by atoms with Gasteiger partial charge in [-0.3, -0.25) is 9.78 Å². The molecule has 2 heterocycles. The van der Waals surface area contributed by atoms with Gasteiger partial charge in [-0.2, -0.15) is 4.98 Å². The SMILES string of the molecule is O=C(COc1ccc(Br)cc1)NCc1nc(-c2ccncc2)no1. The number of hydrogen-bond acceptors (Lipinski definition) is 6. The molecule has 1 amide bonds. The number of amides is 1. The average Bonchev–Trinajstić information content (AvgIpc) is 3.09. The summed E-state index contributed by atoms with van der Waals surface area (Å²) in [6.45, 7) is 0.0492. The first-order valence-electron chi connectivity index (χ1n) is 7.09. The molecule has 1 aromatic carbocycles. The number of ether oxygens (including phenoxy) is 1. The van der Waals surface area contributed by atoms with Crippen LogP contribution < -0.4 is 10.1 Å². The van der Waals surface area contributed by atoms with Crippen LogP contribution in [0, 0.1) is 0 Å². The first-order valence-corrected chi connectivity index (χ1v) is 7.88. The number of halogens is 1. The molecule has 0 fully saturated rings. The Morgan fingerprint density at radius 2 is 1.92 bits per heavy atom. The second-order valence-electron chi connectivity index (χ2n) is 4.77. The predicted molar refractivity (Wildman–Crippen MR) is 89.0 cm³/mol. The number of carbonyl (C=O) groups is 1. The molecule has 122 valence electrons. The molecular formula is C16H13BrN4O3. The number of aromatic nitrogens is 3. The van der Waals surface area contributed by atoms with Crippen LogP contribution >= 0.6 is 15.9 Å². The van der Waals surface area contributed by atoms with Crippen LogP contribution in [0.25, 0.3) is 11.4 Å². The molecule has 0 bridgehead atoms. The average molecular weight is 389 g/mol. The Kier molecular flexibility index (Phi) is 5.17. The van der Waals surface area contributed by atoms with Gasteiger partial charge in [0.05, 0.1) is 6.54 Å². The number of hydrogen-bond donors (Lipinski definition) is 1. The lowest BCUT2D eigenvalue weighted by Crippen LogP contribution is -2.28. The molecule has 0 aliphatic rings. The Balaban J connectivity index is 1.48. The van der Waals surface area contributed by atoms with Crippen molar-refractivity contribution in [1.82, 2.24) is 20.4 Å². The molecule has 0 radical (unpaired) electrons. The van der Waals surface area contributed by atoms with E-state index >= 15 is 0 Å². The van der Waals surface area contributed by atoms with Gasteiger partial charge in [0, 0.05) is 22.4 Å². The monoisotopic (exact) mass is 388 g/mol. The molecule has 0 unspecified atom stereocenters. The molecule has 0 aliphatic heterocycles. The molecule has 0 atom stereocenters. The minimum atomic E-state index is -0.276. The fourth-order valence-electron chi connectivity index (χ4n) is 1.85. The molecule has 0 saturated heterocycles. The van der Waals surface area contributed by atoms with Crippen LogP contribution in [-0.2, 0) is 11.3 Å². The van der Waals surface area contributed by atoms with Crippen molar-refractivity contribution in [3.63, 3.8) is 0 Å². The number of pyridine rings is 1. The van der Waals surface area contributed by atoms with Gasteiger partial charge in [-0.05, 0) is 36.4 Å². The van der Waals surface area contributed by atoms with E-state index in [-0.39, 0.29) is 19.1 Å². The van der Waals surface area contributed by atoms with Crippen molar-refractivity contribution in [2.75, 3.05) is 6.61 Å². The molecule has 7 nitrogen and oxygen atoms in total. The van der Waals surface area contributed by atoms with E-state index in [4.69, 9.17) is 9.26 Å². The maximum Gasteiger partial charge on any atom is 0.258 e. The summed E-state index contributed by atoms with van der Waals surface area (Å²) in [6.07, 6.45) is 3.29. The van der Waals surface area contributed by atoms with Crippen molar-refractivity contribution in [2.24, 2.45) is 0 Å². The van der Waals surface area contributed by atoms with Crippen LogP contribution in [0.3, 0.4) is 0 Å². The van der Waals surface area contributed by atoms with Crippen molar-refractivity contribution in [3.8, 4) is 17.1 Å². The minimum absolute atomic E-state index is 0.0903. The topological polar surface area (TPSA) is 90.1 Å². The third-order valence-electron chi connectivity index (χ3n) is 3.03. The third-order valence-corrected chi connectivity index (χ3v) is 3.56. The fraction of sp³-hybridized carbons (Fsp3) is 0.125. The molecule has 2 aromatic heterocycles. The zero-order valence-corrected chi connectivity index (χ0v) is 14.1. The molecular weight excluding hydrogens is 376 g/mol. The highest BCUT2D eigenvalue weighted by molar-refractivity contribution is 9.10. The van der Waals surface area contributed by atoms with Crippen LogP contribution in [0.2, 0.25) is 0 Å². The van der Waals surface area contributed by atoms with Crippen molar-refractivity contribution >= 4 is 21.8 Å². The van der Waals surface area contributed by atoms with E-state index in [1.165, 1.54) is 0 Å². The molecule has 0 aliphatic carbocycles. The Morgan fingerprint density at radius 1 is 1.17 bits per heavy atom. The van der Waals surface area contributed by atoms with E-state index in [1.807, 2.05) is 12.1 Å². The Morgan fingerprint density at radius 3 is 2.67 bits per heavy atom. The van der Waals surface area contributed by atoms with Crippen molar-refractivity contribution in [1.29, 1.82) is 0 Å². The maximum absolute atomic E-state index is 11.8. The van der Waals surface area contributed by atoms with E-state index < -0.39 is 0 Å².